The van der Waals surface area contributed by atoms with E-state index in [-0.39, 0.29) is 23.2 Å². The number of carbonyl (C=O) groups is 2. The Morgan fingerprint density at radius 1 is 1.11 bits per heavy atom. The Labute approximate surface area is 167 Å². The molecule has 0 saturated carbocycles. The Bertz CT molecular complexity index is 1020. The Hall–Kier alpha value is -2.30. The van der Waals surface area contributed by atoms with Crippen LogP contribution in [-0.4, -0.2) is 16.7 Å². The third-order valence-electron chi connectivity index (χ3n) is 4.73. The minimum atomic E-state index is -0.250. The van der Waals surface area contributed by atoms with Crippen LogP contribution in [0.5, 0.6) is 0 Å². The fourth-order valence-corrected chi connectivity index (χ4v) is 3.56. The van der Waals surface area contributed by atoms with Gasteiger partial charge in [0.2, 0.25) is 5.91 Å². The predicted molar refractivity (Wildman–Crippen MR) is 111 cm³/mol. The van der Waals surface area contributed by atoms with Gasteiger partial charge in [0.05, 0.1) is 21.2 Å². The zero-order valence-corrected chi connectivity index (χ0v) is 16.8. The fourth-order valence-electron chi connectivity index (χ4n) is 2.99. The van der Waals surface area contributed by atoms with Crippen LogP contribution in [0.4, 0.5) is 5.69 Å². The van der Waals surface area contributed by atoms with Crippen molar-refractivity contribution in [3.63, 3.8) is 0 Å². The number of nitrogens with one attached hydrogen (secondary N) is 2. The van der Waals surface area contributed by atoms with Crippen molar-refractivity contribution in [1.82, 2.24) is 4.98 Å². The van der Waals surface area contributed by atoms with E-state index >= 15 is 0 Å². The van der Waals surface area contributed by atoms with E-state index in [0.717, 1.165) is 23.0 Å². The lowest BCUT2D eigenvalue weighted by Crippen LogP contribution is -2.19. The molecule has 0 radical (unpaired) electrons. The van der Waals surface area contributed by atoms with Crippen molar-refractivity contribution in [2.24, 2.45) is 5.92 Å². The van der Waals surface area contributed by atoms with E-state index < -0.39 is 0 Å². The smallest absolute Gasteiger partial charge is 0.227 e. The van der Waals surface area contributed by atoms with E-state index in [4.69, 9.17) is 23.2 Å². The number of anilines is 1. The molecule has 0 aliphatic rings. The molecule has 3 aromatic rings. The average molecular weight is 403 g/mol. The van der Waals surface area contributed by atoms with Gasteiger partial charge in [-0.15, -0.1) is 0 Å². The van der Waals surface area contributed by atoms with Gasteiger partial charge in [-0.1, -0.05) is 43.1 Å². The quantitative estimate of drug-likeness (QED) is 0.514. The molecule has 0 bridgehead atoms. The van der Waals surface area contributed by atoms with E-state index in [1.165, 1.54) is 0 Å². The number of aromatic nitrogens is 1. The highest BCUT2D eigenvalue weighted by molar-refractivity contribution is 6.41. The van der Waals surface area contributed by atoms with Gasteiger partial charge in [0.1, 0.15) is 0 Å². The second-order valence-electron chi connectivity index (χ2n) is 6.61. The summed E-state index contributed by atoms with van der Waals surface area (Å²) in [5, 5.41) is 4.24. The third-order valence-corrected chi connectivity index (χ3v) is 5.36. The van der Waals surface area contributed by atoms with Gasteiger partial charge in [-0.05, 0) is 43.7 Å². The normalized spacial score (nSPS) is 12.2. The lowest BCUT2D eigenvalue weighted by Gasteiger charge is -2.10. The van der Waals surface area contributed by atoms with E-state index in [9.17, 15) is 9.59 Å². The highest BCUT2D eigenvalue weighted by atomic mass is 35.5. The molecule has 1 unspecified atom stereocenters. The first-order valence-electron chi connectivity index (χ1n) is 8.75. The number of ketones is 1. The summed E-state index contributed by atoms with van der Waals surface area (Å²) in [7, 11) is 0. The predicted octanol–water partition coefficient (Wildman–Crippen LogP) is 6.00. The van der Waals surface area contributed by atoms with Crippen LogP contribution in [0, 0.1) is 12.8 Å². The first-order chi connectivity index (χ1) is 12.8. The van der Waals surface area contributed by atoms with Gasteiger partial charge in [-0.3, -0.25) is 9.59 Å². The summed E-state index contributed by atoms with van der Waals surface area (Å²) in [6.07, 6.45) is 0.756. The third kappa shape index (κ3) is 3.73. The number of aromatic amines is 1. The van der Waals surface area contributed by atoms with Crippen LogP contribution in [0.25, 0.3) is 10.9 Å². The topological polar surface area (TPSA) is 62.0 Å². The van der Waals surface area contributed by atoms with Crippen LogP contribution < -0.4 is 5.32 Å². The van der Waals surface area contributed by atoms with Crippen LogP contribution in [0.3, 0.4) is 0 Å². The number of hydrogen-bond donors (Lipinski definition) is 2. The molecule has 1 atom stereocenters. The number of halogens is 2. The van der Waals surface area contributed by atoms with Crippen LogP contribution in [0.15, 0.2) is 36.4 Å². The molecule has 27 heavy (non-hydrogen) atoms. The largest absolute Gasteiger partial charge is 0.358 e. The first kappa shape index (κ1) is 19.5. The highest BCUT2D eigenvalue weighted by Crippen LogP contribution is 2.32. The van der Waals surface area contributed by atoms with Crippen molar-refractivity contribution in [2.75, 3.05) is 5.32 Å². The van der Waals surface area contributed by atoms with Gasteiger partial charge in [-0.2, -0.15) is 0 Å². The Balaban J connectivity index is 2.08. The molecule has 2 aromatic carbocycles. The molecule has 2 N–H and O–H groups in total. The maximum Gasteiger partial charge on any atom is 0.227 e. The molecule has 0 saturated heterocycles. The summed E-state index contributed by atoms with van der Waals surface area (Å²) < 4.78 is 0. The second-order valence-corrected chi connectivity index (χ2v) is 7.42. The molecular weight excluding hydrogens is 383 g/mol. The Morgan fingerprint density at radius 3 is 2.41 bits per heavy atom. The SMILES string of the molecule is CCC(C)C(=O)Nc1ccc2[nH]c(C)c(C(=O)c3c(Cl)cccc3Cl)c2c1. The van der Waals surface area contributed by atoms with Gasteiger partial charge in [0.25, 0.3) is 0 Å². The monoisotopic (exact) mass is 402 g/mol. The summed E-state index contributed by atoms with van der Waals surface area (Å²) in [5.41, 5.74) is 2.95. The lowest BCUT2D eigenvalue weighted by molar-refractivity contribution is -0.119. The number of aryl methyl sites for hydroxylation is 1. The molecule has 0 aliphatic heterocycles. The van der Waals surface area contributed by atoms with Crippen LogP contribution >= 0.6 is 23.2 Å². The molecule has 1 heterocycles. The van der Waals surface area contributed by atoms with Crippen molar-refractivity contribution >= 4 is 51.5 Å². The van der Waals surface area contributed by atoms with Gasteiger partial charge < -0.3 is 10.3 Å². The molecular formula is C21H20Cl2N2O2. The summed E-state index contributed by atoms with van der Waals surface area (Å²) in [5.74, 6) is -0.387. The summed E-state index contributed by atoms with van der Waals surface area (Å²) >= 11 is 12.4. The van der Waals surface area contributed by atoms with Crippen molar-refractivity contribution < 1.29 is 9.59 Å². The van der Waals surface area contributed by atoms with Crippen molar-refractivity contribution in [3.8, 4) is 0 Å². The highest BCUT2D eigenvalue weighted by Gasteiger charge is 2.22. The van der Waals surface area contributed by atoms with Crippen molar-refractivity contribution in [1.29, 1.82) is 0 Å². The van der Waals surface area contributed by atoms with Gasteiger partial charge in [-0.25, -0.2) is 0 Å². The molecule has 0 aliphatic carbocycles. The minimum absolute atomic E-state index is 0.0499. The maximum atomic E-state index is 13.2. The molecule has 140 valence electrons. The second kappa shape index (κ2) is 7.75. The van der Waals surface area contributed by atoms with Crippen LogP contribution in [-0.2, 0) is 4.79 Å². The molecule has 1 aromatic heterocycles. The lowest BCUT2D eigenvalue weighted by atomic mass is 10.00. The standard InChI is InChI=1S/C21H20Cl2N2O2/c1-4-11(2)21(27)25-13-8-9-17-14(10-13)18(12(3)24-17)20(26)19-15(22)6-5-7-16(19)23/h5-11,24H,4H2,1-3H3,(H,25,27). The number of H-pyrrole nitrogens is 1. The zero-order valence-electron chi connectivity index (χ0n) is 15.3. The van der Waals surface area contributed by atoms with E-state index in [1.54, 1.807) is 24.3 Å². The molecule has 6 heteroatoms. The maximum absolute atomic E-state index is 13.2. The fraction of sp³-hybridized carbons (Fsp3) is 0.238. The Kier molecular flexibility index (Phi) is 5.59. The van der Waals surface area contributed by atoms with Gasteiger partial charge in [0, 0.05) is 28.2 Å². The summed E-state index contributed by atoms with van der Waals surface area (Å²) in [6.45, 7) is 5.67. The number of fused-ring (bicyclic) bond motifs is 1. The summed E-state index contributed by atoms with van der Waals surface area (Å²) in [4.78, 5) is 28.6. The molecule has 3 rings (SSSR count). The van der Waals surface area contributed by atoms with Crippen LogP contribution in [0.2, 0.25) is 10.0 Å². The molecule has 0 spiro atoms. The van der Waals surface area contributed by atoms with Gasteiger partial charge >= 0.3 is 0 Å². The first-order valence-corrected chi connectivity index (χ1v) is 9.51. The number of rotatable bonds is 5. The van der Waals surface area contributed by atoms with Crippen molar-refractivity contribution in [3.05, 3.63) is 63.3 Å². The van der Waals surface area contributed by atoms with E-state index in [0.29, 0.717) is 21.3 Å². The minimum Gasteiger partial charge on any atom is -0.358 e. The summed E-state index contributed by atoms with van der Waals surface area (Å²) in [6, 6.07) is 10.4. The number of hydrogen-bond acceptors (Lipinski definition) is 2. The number of carbonyl (C=O) groups excluding carboxylic acids is 2. The molecule has 1 amide bonds. The van der Waals surface area contributed by atoms with Crippen molar-refractivity contribution in [2.45, 2.75) is 27.2 Å². The Morgan fingerprint density at radius 2 is 1.78 bits per heavy atom. The van der Waals surface area contributed by atoms with Gasteiger partial charge in [0.15, 0.2) is 5.78 Å². The number of amides is 1. The van der Waals surface area contributed by atoms with E-state index in [1.807, 2.05) is 32.9 Å². The number of benzene rings is 2. The van der Waals surface area contributed by atoms with Crippen LogP contribution in [0.1, 0.15) is 41.9 Å². The average Bonchev–Trinajstić information content (AvgIpc) is 2.95. The molecule has 4 nitrogen and oxygen atoms in total. The zero-order chi connectivity index (χ0) is 19.7. The molecule has 0 fully saturated rings. The van der Waals surface area contributed by atoms with E-state index in [2.05, 4.69) is 10.3 Å².